The largest absolute Gasteiger partial charge is 0.478 e. The fraction of sp³-hybridized carbons (Fsp3) is 0.0909. The molecule has 1 aromatic carbocycles. The van der Waals surface area contributed by atoms with Crippen LogP contribution in [-0.4, -0.2) is 38.9 Å². The van der Waals surface area contributed by atoms with Crippen LogP contribution in [-0.2, 0) is 4.74 Å². The minimum Gasteiger partial charge on any atom is -0.478 e. The van der Waals surface area contributed by atoms with Gasteiger partial charge in [0.05, 0.1) is 18.4 Å². The number of aromatic carboxylic acids is 1. The lowest BCUT2D eigenvalue weighted by Crippen LogP contribution is -2.06. The zero-order valence-corrected chi connectivity index (χ0v) is 9.90. The molecule has 1 aromatic heterocycles. The Morgan fingerprint density at radius 1 is 1.42 bits per heavy atom. The number of carboxylic acids is 1. The van der Waals surface area contributed by atoms with Gasteiger partial charge in [-0.3, -0.25) is 0 Å². The van der Waals surface area contributed by atoms with Crippen molar-refractivity contribution < 1.29 is 19.4 Å². The minimum absolute atomic E-state index is 0.00273. The van der Waals surface area contributed by atoms with Crippen LogP contribution in [0.1, 0.15) is 21.0 Å². The van der Waals surface area contributed by atoms with Gasteiger partial charge in [-0.2, -0.15) is 0 Å². The summed E-state index contributed by atoms with van der Waals surface area (Å²) in [6.45, 7) is 0. The second-order valence-corrected chi connectivity index (χ2v) is 3.58. The lowest BCUT2D eigenvalue weighted by Gasteiger charge is -2.04. The van der Waals surface area contributed by atoms with E-state index in [1.165, 1.54) is 36.3 Å². The number of carbonyl (C=O) groups is 2. The number of nitrogens with zero attached hydrogens (tertiary/aromatic N) is 3. The van der Waals surface area contributed by atoms with Crippen molar-refractivity contribution in [3.8, 4) is 5.69 Å². The Balaban J connectivity index is 2.37. The quantitative estimate of drug-likeness (QED) is 0.604. The average molecular weight is 262 g/mol. The maximum Gasteiger partial charge on any atom is 0.377 e. The number of aromatic nitrogens is 3. The first-order valence-electron chi connectivity index (χ1n) is 5.16. The van der Waals surface area contributed by atoms with E-state index in [4.69, 9.17) is 10.8 Å². The summed E-state index contributed by atoms with van der Waals surface area (Å²) in [6.07, 6.45) is 1.31. The molecule has 19 heavy (non-hydrogen) atoms. The molecule has 0 spiro atoms. The van der Waals surface area contributed by atoms with Gasteiger partial charge in [0.25, 0.3) is 5.82 Å². The molecular formula is C11H10N4O4. The molecule has 8 heteroatoms. The van der Waals surface area contributed by atoms with E-state index < -0.39 is 11.9 Å². The summed E-state index contributed by atoms with van der Waals surface area (Å²) in [7, 11) is 1.22. The van der Waals surface area contributed by atoms with Crippen molar-refractivity contribution >= 4 is 17.6 Å². The number of methoxy groups -OCH3 is 1. The third-order valence-corrected chi connectivity index (χ3v) is 2.39. The molecule has 3 N–H and O–H groups in total. The summed E-state index contributed by atoms with van der Waals surface area (Å²) in [5.74, 6) is -1.87. The molecule has 0 radical (unpaired) electrons. The minimum atomic E-state index is -1.11. The number of carboxylic acid groups (broad SMARTS) is 1. The SMILES string of the molecule is COC(=O)c1ncn(-c2ccc(C(=O)O)c(N)c2)n1. The zero-order chi connectivity index (χ0) is 14.0. The van der Waals surface area contributed by atoms with E-state index in [0.29, 0.717) is 5.69 Å². The Hall–Kier alpha value is -2.90. The Bertz CT molecular complexity index is 650. The standard InChI is InChI=1S/C11H10N4O4/c1-19-11(18)9-13-5-15(14-9)6-2-3-7(10(16)17)8(12)4-6/h2-5H,12H2,1H3,(H,16,17). The maximum atomic E-state index is 11.2. The predicted molar refractivity (Wildman–Crippen MR) is 64.1 cm³/mol. The highest BCUT2D eigenvalue weighted by Gasteiger charge is 2.13. The number of ether oxygens (including phenoxy) is 1. The van der Waals surface area contributed by atoms with Crippen LogP contribution >= 0.6 is 0 Å². The van der Waals surface area contributed by atoms with Crippen LogP contribution < -0.4 is 5.73 Å². The molecular weight excluding hydrogens is 252 g/mol. The van der Waals surface area contributed by atoms with Crippen LogP contribution in [0.15, 0.2) is 24.5 Å². The van der Waals surface area contributed by atoms with E-state index >= 15 is 0 Å². The van der Waals surface area contributed by atoms with Crippen molar-refractivity contribution in [1.29, 1.82) is 0 Å². The van der Waals surface area contributed by atoms with E-state index in [1.807, 2.05) is 0 Å². The lowest BCUT2D eigenvalue weighted by molar-refractivity contribution is 0.0586. The summed E-state index contributed by atoms with van der Waals surface area (Å²) in [5, 5.41) is 12.8. The number of benzene rings is 1. The summed E-state index contributed by atoms with van der Waals surface area (Å²) >= 11 is 0. The van der Waals surface area contributed by atoms with Crippen molar-refractivity contribution in [3.05, 3.63) is 35.9 Å². The van der Waals surface area contributed by atoms with Gasteiger partial charge in [-0.1, -0.05) is 0 Å². The first-order valence-corrected chi connectivity index (χ1v) is 5.16. The molecule has 0 aliphatic rings. The second kappa shape index (κ2) is 4.77. The third kappa shape index (κ3) is 2.37. The van der Waals surface area contributed by atoms with Gasteiger partial charge in [0.2, 0.25) is 0 Å². The van der Waals surface area contributed by atoms with Crippen LogP contribution in [0.2, 0.25) is 0 Å². The van der Waals surface area contributed by atoms with Crippen molar-refractivity contribution in [3.63, 3.8) is 0 Å². The predicted octanol–water partition coefficient (Wildman–Crippen LogP) is 0.334. The van der Waals surface area contributed by atoms with Gasteiger partial charge in [0.1, 0.15) is 6.33 Å². The van der Waals surface area contributed by atoms with E-state index in [9.17, 15) is 9.59 Å². The molecule has 0 saturated heterocycles. The highest BCUT2D eigenvalue weighted by atomic mass is 16.5. The second-order valence-electron chi connectivity index (χ2n) is 3.58. The van der Waals surface area contributed by atoms with E-state index in [-0.39, 0.29) is 17.1 Å². The smallest absolute Gasteiger partial charge is 0.377 e. The van der Waals surface area contributed by atoms with Gasteiger partial charge in [-0.25, -0.2) is 19.3 Å². The molecule has 0 saturated carbocycles. The first-order chi connectivity index (χ1) is 9.02. The normalized spacial score (nSPS) is 10.2. The fourth-order valence-corrected chi connectivity index (χ4v) is 1.46. The molecule has 0 aliphatic heterocycles. The number of nitrogens with two attached hydrogens (primary N) is 1. The van der Waals surface area contributed by atoms with Gasteiger partial charge in [0, 0.05) is 5.69 Å². The molecule has 0 unspecified atom stereocenters. The Morgan fingerprint density at radius 2 is 2.16 bits per heavy atom. The molecule has 0 amide bonds. The van der Waals surface area contributed by atoms with Crippen LogP contribution in [0, 0.1) is 0 Å². The van der Waals surface area contributed by atoms with Crippen molar-refractivity contribution in [2.24, 2.45) is 0 Å². The van der Waals surface area contributed by atoms with Crippen molar-refractivity contribution in [2.75, 3.05) is 12.8 Å². The van der Waals surface area contributed by atoms with E-state index in [0.717, 1.165) is 0 Å². The van der Waals surface area contributed by atoms with Crippen molar-refractivity contribution in [1.82, 2.24) is 14.8 Å². The first kappa shape index (κ1) is 12.6. The van der Waals surface area contributed by atoms with Gasteiger partial charge in [0.15, 0.2) is 0 Å². The summed E-state index contributed by atoms with van der Waals surface area (Å²) in [6, 6.07) is 4.29. The maximum absolute atomic E-state index is 11.2. The molecule has 2 aromatic rings. The summed E-state index contributed by atoms with van der Waals surface area (Å²) < 4.78 is 5.78. The molecule has 0 atom stereocenters. The molecule has 0 fully saturated rings. The van der Waals surface area contributed by atoms with E-state index in [1.54, 1.807) is 0 Å². The third-order valence-electron chi connectivity index (χ3n) is 2.39. The number of anilines is 1. The zero-order valence-electron chi connectivity index (χ0n) is 9.90. The summed E-state index contributed by atoms with van der Waals surface area (Å²) in [4.78, 5) is 25.8. The number of carbonyl (C=O) groups excluding carboxylic acids is 1. The number of esters is 1. The van der Waals surface area contributed by atoms with Gasteiger partial charge < -0.3 is 15.6 Å². The van der Waals surface area contributed by atoms with Crippen LogP contribution in [0.3, 0.4) is 0 Å². The highest BCUT2D eigenvalue weighted by Crippen LogP contribution is 2.16. The topological polar surface area (TPSA) is 120 Å². The molecule has 98 valence electrons. The molecule has 0 aliphatic carbocycles. The number of rotatable bonds is 3. The van der Waals surface area contributed by atoms with Crippen LogP contribution in [0.4, 0.5) is 5.69 Å². The van der Waals surface area contributed by atoms with Crippen LogP contribution in [0.5, 0.6) is 0 Å². The van der Waals surface area contributed by atoms with Gasteiger partial charge in [-0.05, 0) is 18.2 Å². The number of hydrogen-bond acceptors (Lipinski definition) is 6. The van der Waals surface area contributed by atoms with Gasteiger partial charge in [-0.15, -0.1) is 5.10 Å². The average Bonchev–Trinajstić information content (AvgIpc) is 2.86. The highest BCUT2D eigenvalue weighted by molar-refractivity contribution is 5.94. The van der Waals surface area contributed by atoms with Gasteiger partial charge >= 0.3 is 11.9 Å². The van der Waals surface area contributed by atoms with E-state index in [2.05, 4.69) is 14.8 Å². The van der Waals surface area contributed by atoms with Crippen molar-refractivity contribution in [2.45, 2.75) is 0 Å². The Kier molecular flexibility index (Phi) is 3.15. The molecule has 1 heterocycles. The Morgan fingerprint density at radius 3 is 2.74 bits per heavy atom. The monoisotopic (exact) mass is 262 g/mol. The number of nitrogen functional groups attached to an aromatic ring is 1. The summed E-state index contributed by atoms with van der Waals surface area (Å²) in [5.41, 5.74) is 6.20. The molecule has 0 bridgehead atoms. The molecule has 2 rings (SSSR count). The van der Waals surface area contributed by atoms with Crippen LogP contribution in [0.25, 0.3) is 5.69 Å². The molecule has 8 nitrogen and oxygen atoms in total. The lowest BCUT2D eigenvalue weighted by atomic mass is 10.1. The fourth-order valence-electron chi connectivity index (χ4n) is 1.46. The Labute approximate surface area is 107 Å². The number of hydrogen-bond donors (Lipinski definition) is 2.